The highest BCUT2D eigenvalue weighted by Gasteiger charge is 2.27. The van der Waals surface area contributed by atoms with E-state index in [1.54, 1.807) is 6.07 Å². The molecule has 27 heavy (non-hydrogen) atoms. The Morgan fingerprint density at radius 1 is 1.15 bits per heavy atom. The summed E-state index contributed by atoms with van der Waals surface area (Å²) in [6.07, 6.45) is -3.23. The molecule has 4 heterocycles. The Labute approximate surface area is 147 Å². The molecule has 0 aliphatic heterocycles. The quantitative estimate of drug-likeness (QED) is 0.527. The van der Waals surface area contributed by atoms with Gasteiger partial charge >= 0.3 is 6.18 Å². The summed E-state index contributed by atoms with van der Waals surface area (Å²) in [5, 5.41) is 6.75. The normalized spacial score (nSPS) is 12.4. The molecule has 140 valence electrons. The summed E-state index contributed by atoms with van der Waals surface area (Å²) in [6.45, 7) is -1.26. The number of rotatable bonds is 4. The van der Waals surface area contributed by atoms with E-state index in [9.17, 15) is 22.0 Å². The number of aromatic nitrogens is 6. The third-order valence-electron chi connectivity index (χ3n) is 3.77. The summed E-state index contributed by atoms with van der Waals surface area (Å²) in [6, 6.07) is 3.13. The number of hydrogen-bond donors (Lipinski definition) is 2. The van der Waals surface area contributed by atoms with E-state index in [2.05, 4.69) is 30.4 Å². The van der Waals surface area contributed by atoms with Crippen LogP contribution in [-0.4, -0.2) is 42.3 Å². The maximum Gasteiger partial charge on any atom is 0.405 e. The molecule has 0 atom stereocenters. The van der Waals surface area contributed by atoms with Gasteiger partial charge in [-0.05, 0) is 12.1 Å². The van der Waals surface area contributed by atoms with Gasteiger partial charge in [-0.3, -0.25) is 0 Å². The van der Waals surface area contributed by atoms with Crippen molar-refractivity contribution in [1.29, 1.82) is 0 Å². The maximum atomic E-state index is 13.0. The molecule has 0 fully saturated rings. The smallest absolute Gasteiger partial charge is 0.345 e. The van der Waals surface area contributed by atoms with Gasteiger partial charge in [0, 0.05) is 23.3 Å². The summed E-state index contributed by atoms with van der Waals surface area (Å²) in [7, 11) is 0. The molecule has 0 amide bonds. The number of imidazole rings is 1. The lowest BCUT2D eigenvalue weighted by Gasteiger charge is -2.07. The zero-order chi connectivity index (χ0) is 19.2. The summed E-state index contributed by atoms with van der Waals surface area (Å²) in [5.74, 6) is -0.189. The molecule has 4 aromatic heterocycles. The van der Waals surface area contributed by atoms with Crippen molar-refractivity contribution in [2.45, 2.75) is 12.6 Å². The summed E-state index contributed by atoms with van der Waals surface area (Å²) < 4.78 is 64.0. The van der Waals surface area contributed by atoms with Gasteiger partial charge in [0.1, 0.15) is 17.9 Å². The van der Waals surface area contributed by atoms with E-state index in [0.29, 0.717) is 16.6 Å². The van der Waals surface area contributed by atoms with E-state index in [4.69, 9.17) is 0 Å². The summed E-state index contributed by atoms with van der Waals surface area (Å²) in [4.78, 5) is 14.5. The number of fused-ring (bicyclic) bond motifs is 2. The fourth-order valence-corrected chi connectivity index (χ4v) is 2.57. The van der Waals surface area contributed by atoms with Gasteiger partial charge < -0.3 is 10.3 Å². The van der Waals surface area contributed by atoms with Crippen molar-refractivity contribution in [3.8, 4) is 11.3 Å². The first kappa shape index (κ1) is 17.1. The van der Waals surface area contributed by atoms with Crippen LogP contribution < -0.4 is 5.32 Å². The minimum Gasteiger partial charge on any atom is -0.345 e. The van der Waals surface area contributed by atoms with Crippen molar-refractivity contribution < 1.29 is 22.0 Å². The number of H-pyrrole nitrogens is 1. The lowest BCUT2D eigenvalue weighted by Crippen LogP contribution is -2.22. The first-order valence-electron chi connectivity index (χ1n) is 7.60. The average molecular weight is 383 g/mol. The Morgan fingerprint density at radius 2 is 1.96 bits per heavy atom. The molecule has 4 rings (SSSR count). The second kappa shape index (κ2) is 6.14. The predicted octanol–water partition coefficient (Wildman–Crippen LogP) is 3.58. The molecule has 0 bridgehead atoms. The van der Waals surface area contributed by atoms with E-state index in [1.807, 2.05) is 0 Å². The van der Waals surface area contributed by atoms with E-state index in [0.717, 1.165) is 10.7 Å². The van der Waals surface area contributed by atoms with Gasteiger partial charge in [0.05, 0.1) is 11.9 Å². The van der Waals surface area contributed by atoms with Crippen LogP contribution in [0.2, 0.25) is 0 Å². The monoisotopic (exact) mass is 383 g/mol. The minimum absolute atomic E-state index is 0.189. The Morgan fingerprint density at radius 3 is 2.70 bits per heavy atom. The number of anilines is 1. The third kappa shape index (κ3) is 3.25. The molecule has 4 aromatic rings. The Kier molecular flexibility index (Phi) is 3.89. The summed E-state index contributed by atoms with van der Waals surface area (Å²) in [5.41, 5.74) is 1.08. The van der Waals surface area contributed by atoms with Crippen molar-refractivity contribution in [1.82, 2.24) is 29.5 Å². The van der Waals surface area contributed by atoms with Gasteiger partial charge in [0.15, 0.2) is 5.65 Å². The highest BCUT2D eigenvalue weighted by atomic mass is 19.4. The molecule has 0 aliphatic rings. The molecule has 12 heteroatoms. The van der Waals surface area contributed by atoms with Crippen LogP contribution in [0.1, 0.15) is 12.1 Å². The first-order chi connectivity index (χ1) is 12.8. The van der Waals surface area contributed by atoms with Crippen molar-refractivity contribution in [2.75, 3.05) is 11.9 Å². The molecule has 0 saturated carbocycles. The standard InChI is InChI=1S/C15H10F5N7/c16-12(17)10-5-21-11-2-1-9(26-27(10)11)7-3-22-13-8(7)4-23-14(25-13)24-6-15(18,19)20/h1-5,12H,6H2,(H2,22,23,24,25). The van der Waals surface area contributed by atoms with Crippen LogP contribution in [0.15, 0.2) is 30.7 Å². The summed E-state index contributed by atoms with van der Waals surface area (Å²) >= 11 is 0. The van der Waals surface area contributed by atoms with Crippen molar-refractivity contribution in [2.24, 2.45) is 0 Å². The molecule has 0 radical (unpaired) electrons. The fraction of sp³-hybridized carbons (Fsp3) is 0.200. The van der Waals surface area contributed by atoms with Crippen LogP contribution in [0, 0.1) is 0 Å². The highest BCUT2D eigenvalue weighted by Crippen LogP contribution is 2.28. The molecule has 0 aromatic carbocycles. The van der Waals surface area contributed by atoms with E-state index in [1.165, 1.54) is 18.5 Å². The van der Waals surface area contributed by atoms with Crippen LogP contribution >= 0.6 is 0 Å². The number of nitrogens with zero attached hydrogens (tertiary/aromatic N) is 5. The number of nitrogens with one attached hydrogen (secondary N) is 2. The van der Waals surface area contributed by atoms with Crippen molar-refractivity contribution in [3.05, 3.63) is 36.4 Å². The van der Waals surface area contributed by atoms with Gasteiger partial charge in [-0.2, -0.15) is 23.3 Å². The van der Waals surface area contributed by atoms with Crippen LogP contribution in [-0.2, 0) is 0 Å². The predicted molar refractivity (Wildman–Crippen MR) is 85.4 cm³/mol. The van der Waals surface area contributed by atoms with Gasteiger partial charge in [-0.1, -0.05) is 0 Å². The van der Waals surface area contributed by atoms with Crippen molar-refractivity contribution >= 4 is 22.6 Å². The first-order valence-corrected chi connectivity index (χ1v) is 7.60. The second-order valence-corrected chi connectivity index (χ2v) is 5.60. The van der Waals surface area contributed by atoms with Gasteiger partial charge in [-0.25, -0.2) is 23.3 Å². The number of aromatic amines is 1. The lowest BCUT2D eigenvalue weighted by molar-refractivity contribution is -0.115. The van der Waals surface area contributed by atoms with Crippen molar-refractivity contribution in [3.63, 3.8) is 0 Å². The Balaban J connectivity index is 1.72. The molecule has 2 N–H and O–H groups in total. The number of hydrogen-bond acceptors (Lipinski definition) is 5. The Bertz CT molecular complexity index is 1110. The molecule has 0 saturated heterocycles. The molecular formula is C15H10F5N7. The highest BCUT2D eigenvalue weighted by molar-refractivity contribution is 5.92. The zero-order valence-corrected chi connectivity index (χ0v) is 13.3. The molecule has 7 nitrogen and oxygen atoms in total. The van der Waals surface area contributed by atoms with Gasteiger partial charge in [0.25, 0.3) is 6.43 Å². The fourth-order valence-electron chi connectivity index (χ4n) is 2.57. The molecule has 0 aliphatic carbocycles. The number of halogens is 5. The topological polar surface area (TPSA) is 83.8 Å². The van der Waals surface area contributed by atoms with E-state index in [-0.39, 0.29) is 22.9 Å². The molecular weight excluding hydrogens is 373 g/mol. The van der Waals surface area contributed by atoms with Crippen LogP contribution in [0.3, 0.4) is 0 Å². The van der Waals surface area contributed by atoms with E-state index >= 15 is 0 Å². The Hall–Kier alpha value is -3.31. The van der Waals surface area contributed by atoms with Crippen LogP contribution in [0.25, 0.3) is 27.9 Å². The van der Waals surface area contributed by atoms with Crippen LogP contribution in [0.4, 0.5) is 27.9 Å². The minimum atomic E-state index is -4.40. The second-order valence-electron chi connectivity index (χ2n) is 5.60. The zero-order valence-electron chi connectivity index (χ0n) is 13.3. The largest absolute Gasteiger partial charge is 0.405 e. The maximum absolute atomic E-state index is 13.0. The molecule has 0 unspecified atom stereocenters. The van der Waals surface area contributed by atoms with E-state index < -0.39 is 19.1 Å². The average Bonchev–Trinajstić information content (AvgIpc) is 3.22. The van der Waals surface area contributed by atoms with Gasteiger partial charge in [-0.15, -0.1) is 0 Å². The number of alkyl halides is 5. The SMILES string of the molecule is FC(F)c1cnc2ccc(-c3c[nH]c4nc(NCC(F)(F)F)ncc34)nn12. The van der Waals surface area contributed by atoms with Gasteiger partial charge in [0.2, 0.25) is 5.95 Å². The van der Waals surface area contributed by atoms with Crippen LogP contribution in [0.5, 0.6) is 0 Å². The molecule has 0 spiro atoms. The third-order valence-corrected chi connectivity index (χ3v) is 3.77. The lowest BCUT2D eigenvalue weighted by atomic mass is 10.2.